The molecule has 0 spiro atoms. The standard InChI is InChI=1S/C50H30O/c1-2-12-32-27-36(24-21-31(32)11-1)47-41-16-5-7-18-43(41)48(44-19-8-6-17-42(44)47)37-25-22-34-29-38(26-23-33(34)28-37)49-39-14-4-3-13-35(39)30-45-40-15-9-10-20-46(40)51-50(45)49/h1-30H. The van der Waals surface area contributed by atoms with Crippen LogP contribution >= 0.6 is 0 Å². The van der Waals surface area contributed by atoms with E-state index in [1.807, 2.05) is 6.07 Å². The third kappa shape index (κ3) is 4.28. The van der Waals surface area contributed by atoms with E-state index >= 15 is 0 Å². The van der Waals surface area contributed by atoms with E-state index in [4.69, 9.17) is 4.42 Å². The summed E-state index contributed by atoms with van der Waals surface area (Å²) < 4.78 is 6.58. The molecule has 0 amide bonds. The zero-order valence-corrected chi connectivity index (χ0v) is 27.7. The molecule has 1 heteroatoms. The van der Waals surface area contributed by atoms with Crippen LogP contribution in [0.25, 0.3) is 109 Å². The van der Waals surface area contributed by atoms with Crippen molar-refractivity contribution in [3.63, 3.8) is 0 Å². The highest BCUT2D eigenvalue weighted by molar-refractivity contribution is 6.22. The van der Waals surface area contributed by atoms with E-state index in [9.17, 15) is 0 Å². The van der Waals surface area contributed by atoms with Gasteiger partial charge in [-0.15, -0.1) is 0 Å². The fraction of sp³-hybridized carbons (Fsp3) is 0. The van der Waals surface area contributed by atoms with Crippen LogP contribution in [-0.4, -0.2) is 0 Å². The van der Waals surface area contributed by atoms with Gasteiger partial charge in [-0.05, 0) is 112 Å². The van der Waals surface area contributed by atoms with Gasteiger partial charge in [0, 0.05) is 16.3 Å². The Morgan fingerprint density at radius 3 is 1.25 bits per heavy atom. The summed E-state index contributed by atoms with van der Waals surface area (Å²) in [5.74, 6) is 0. The van der Waals surface area contributed by atoms with Crippen LogP contribution in [0.3, 0.4) is 0 Å². The summed E-state index contributed by atoms with van der Waals surface area (Å²) in [6.45, 7) is 0. The van der Waals surface area contributed by atoms with Crippen LogP contribution in [0.5, 0.6) is 0 Å². The summed E-state index contributed by atoms with van der Waals surface area (Å²) in [7, 11) is 0. The fourth-order valence-electron chi connectivity index (χ4n) is 8.46. The van der Waals surface area contributed by atoms with Crippen LogP contribution < -0.4 is 0 Å². The Labute approximate surface area is 294 Å². The van der Waals surface area contributed by atoms with Gasteiger partial charge in [-0.3, -0.25) is 0 Å². The minimum atomic E-state index is 0.917. The van der Waals surface area contributed by atoms with Crippen LogP contribution in [0.4, 0.5) is 0 Å². The molecule has 0 aliphatic carbocycles. The van der Waals surface area contributed by atoms with Crippen LogP contribution in [-0.2, 0) is 0 Å². The molecule has 0 aliphatic rings. The molecule has 10 aromatic carbocycles. The molecule has 0 N–H and O–H groups in total. The first kappa shape index (κ1) is 28.2. The molecule has 51 heavy (non-hydrogen) atoms. The van der Waals surface area contributed by atoms with Gasteiger partial charge in [0.2, 0.25) is 0 Å². The molecule has 11 aromatic rings. The van der Waals surface area contributed by atoms with E-state index in [0.29, 0.717) is 0 Å². The van der Waals surface area contributed by atoms with E-state index in [1.165, 1.54) is 76.1 Å². The van der Waals surface area contributed by atoms with Crippen molar-refractivity contribution in [2.45, 2.75) is 0 Å². The molecule has 0 saturated carbocycles. The lowest BCUT2D eigenvalue weighted by molar-refractivity contribution is 0.670. The van der Waals surface area contributed by atoms with Gasteiger partial charge in [0.15, 0.2) is 0 Å². The minimum absolute atomic E-state index is 0.917. The first-order valence-electron chi connectivity index (χ1n) is 17.6. The maximum Gasteiger partial charge on any atom is 0.143 e. The Bertz CT molecular complexity index is 3140. The number of hydrogen-bond donors (Lipinski definition) is 0. The molecular formula is C50H30O. The molecule has 236 valence electrons. The highest BCUT2D eigenvalue weighted by Gasteiger charge is 2.19. The van der Waals surface area contributed by atoms with Crippen LogP contribution in [0.15, 0.2) is 186 Å². The molecule has 1 heterocycles. The van der Waals surface area contributed by atoms with Crippen molar-refractivity contribution in [3.8, 4) is 33.4 Å². The minimum Gasteiger partial charge on any atom is -0.455 e. The molecule has 0 atom stereocenters. The fourth-order valence-corrected chi connectivity index (χ4v) is 8.46. The monoisotopic (exact) mass is 646 g/mol. The number of hydrogen-bond acceptors (Lipinski definition) is 1. The predicted octanol–water partition coefficient (Wildman–Crippen LogP) is 14.4. The molecule has 1 aromatic heterocycles. The van der Waals surface area contributed by atoms with Crippen LogP contribution in [0.2, 0.25) is 0 Å². The van der Waals surface area contributed by atoms with Gasteiger partial charge in [0.25, 0.3) is 0 Å². The molecular weight excluding hydrogens is 617 g/mol. The van der Waals surface area contributed by atoms with Crippen molar-refractivity contribution < 1.29 is 4.42 Å². The molecule has 0 radical (unpaired) electrons. The maximum absolute atomic E-state index is 6.58. The van der Waals surface area contributed by atoms with Gasteiger partial charge in [-0.1, -0.05) is 152 Å². The summed E-state index contributed by atoms with van der Waals surface area (Å²) >= 11 is 0. The first-order valence-corrected chi connectivity index (χ1v) is 17.6. The molecule has 0 aliphatic heterocycles. The topological polar surface area (TPSA) is 13.1 Å². The predicted molar refractivity (Wildman–Crippen MR) is 218 cm³/mol. The van der Waals surface area contributed by atoms with E-state index in [2.05, 4.69) is 176 Å². The summed E-state index contributed by atoms with van der Waals surface area (Å²) in [5, 5.41) is 14.7. The first-order chi connectivity index (χ1) is 25.3. The van der Waals surface area contributed by atoms with Crippen molar-refractivity contribution >= 4 is 75.8 Å². The van der Waals surface area contributed by atoms with Crippen molar-refractivity contribution in [1.29, 1.82) is 0 Å². The third-order valence-corrected chi connectivity index (χ3v) is 10.8. The van der Waals surface area contributed by atoms with E-state index < -0.39 is 0 Å². The van der Waals surface area contributed by atoms with Gasteiger partial charge in [-0.2, -0.15) is 0 Å². The molecule has 0 unspecified atom stereocenters. The highest BCUT2D eigenvalue weighted by atomic mass is 16.3. The summed E-state index contributed by atoms with van der Waals surface area (Å²) in [6.07, 6.45) is 0. The Hall–Kier alpha value is -6.70. The van der Waals surface area contributed by atoms with Crippen molar-refractivity contribution in [2.75, 3.05) is 0 Å². The normalized spacial score (nSPS) is 11.9. The molecule has 0 bridgehead atoms. The smallest absolute Gasteiger partial charge is 0.143 e. The van der Waals surface area contributed by atoms with Crippen molar-refractivity contribution in [2.24, 2.45) is 0 Å². The van der Waals surface area contributed by atoms with Gasteiger partial charge in [0.1, 0.15) is 11.2 Å². The molecule has 0 fully saturated rings. The number of furan rings is 1. The highest BCUT2D eigenvalue weighted by Crippen LogP contribution is 2.46. The zero-order valence-electron chi connectivity index (χ0n) is 27.7. The lowest BCUT2D eigenvalue weighted by Gasteiger charge is -2.18. The molecule has 1 nitrogen and oxygen atoms in total. The summed E-state index contributed by atoms with van der Waals surface area (Å²) in [6, 6.07) is 66.4. The Kier molecular flexibility index (Phi) is 6.02. The summed E-state index contributed by atoms with van der Waals surface area (Å²) in [4.78, 5) is 0. The van der Waals surface area contributed by atoms with Gasteiger partial charge >= 0.3 is 0 Å². The number of para-hydroxylation sites is 1. The second-order valence-electron chi connectivity index (χ2n) is 13.6. The van der Waals surface area contributed by atoms with Gasteiger partial charge < -0.3 is 4.42 Å². The number of fused-ring (bicyclic) bond motifs is 8. The average molecular weight is 647 g/mol. The lowest BCUT2D eigenvalue weighted by atomic mass is 9.85. The van der Waals surface area contributed by atoms with Crippen LogP contribution in [0, 0.1) is 0 Å². The largest absolute Gasteiger partial charge is 0.455 e. The van der Waals surface area contributed by atoms with Gasteiger partial charge in [-0.25, -0.2) is 0 Å². The zero-order chi connectivity index (χ0) is 33.5. The van der Waals surface area contributed by atoms with Crippen molar-refractivity contribution in [3.05, 3.63) is 182 Å². The average Bonchev–Trinajstić information content (AvgIpc) is 3.56. The number of rotatable bonds is 3. The maximum atomic E-state index is 6.58. The lowest BCUT2D eigenvalue weighted by Crippen LogP contribution is -1.91. The SMILES string of the molecule is c1ccc2cc(-c3c4ccccc4c(-c4ccc5cc(-c6c7ccccc7cc7c6oc6ccccc67)ccc5c4)c4ccccc34)ccc2c1. The van der Waals surface area contributed by atoms with E-state index in [0.717, 1.165) is 33.1 Å². The Balaban J connectivity index is 1.12. The van der Waals surface area contributed by atoms with Crippen LogP contribution in [0.1, 0.15) is 0 Å². The summed E-state index contributed by atoms with van der Waals surface area (Å²) in [5.41, 5.74) is 9.18. The second-order valence-corrected chi connectivity index (χ2v) is 13.6. The number of benzene rings is 10. The third-order valence-electron chi connectivity index (χ3n) is 10.8. The van der Waals surface area contributed by atoms with E-state index in [1.54, 1.807) is 0 Å². The molecule has 0 saturated heterocycles. The quantitative estimate of drug-likeness (QED) is 0.174. The van der Waals surface area contributed by atoms with Gasteiger partial charge in [0.05, 0.1) is 0 Å². The molecule has 11 rings (SSSR count). The van der Waals surface area contributed by atoms with E-state index in [-0.39, 0.29) is 0 Å². The second kappa shape index (κ2) is 10.9. The Morgan fingerprint density at radius 1 is 0.255 bits per heavy atom. The Morgan fingerprint density at radius 2 is 0.667 bits per heavy atom. The van der Waals surface area contributed by atoms with Crippen molar-refractivity contribution in [1.82, 2.24) is 0 Å².